The van der Waals surface area contributed by atoms with Crippen molar-refractivity contribution in [1.82, 2.24) is 14.7 Å². The van der Waals surface area contributed by atoms with Gasteiger partial charge in [0.15, 0.2) is 0 Å². The second-order valence-electron chi connectivity index (χ2n) is 5.80. The molecule has 1 heterocycles. The van der Waals surface area contributed by atoms with E-state index in [0.717, 1.165) is 29.0 Å². The van der Waals surface area contributed by atoms with E-state index in [1.165, 1.54) is 0 Å². The van der Waals surface area contributed by atoms with Crippen molar-refractivity contribution in [1.29, 1.82) is 0 Å². The summed E-state index contributed by atoms with van der Waals surface area (Å²) in [5.41, 5.74) is 2.97. The van der Waals surface area contributed by atoms with Crippen LogP contribution < -0.4 is 4.74 Å². The summed E-state index contributed by atoms with van der Waals surface area (Å²) in [5.74, 6) is 0.903. The van der Waals surface area contributed by atoms with Crippen LogP contribution in [0.4, 0.5) is 0 Å². The number of aromatic nitrogens is 2. The van der Waals surface area contributed by atoms with E-state index in [4.69, 9.17) is 4.74 Å². The van der Waals surface area contributed by atoms with Gasteiger partial charge in [0, 0.05) is 25.9 Å². The molecule has 0 fully saturated rings. The van der Waals surface area contributed by atoms with Crippen molar-refractivity contribution >= 4 is 5.91 Å². The van der Waals surface area contributed by atoms with Crippen molar-refractivity contribution < 1.29 is 9.53 Å². The first kappa shape index (κ1) is 17.1. The zero-order chi connectivity index (χ0) is 17.0. The minimum absolute atomic E-state index is 0.0366. The normalized spacial score (nSPS) is 12.0. The summed E-state index contributed by atoms with van der Waals surface area (Å²) in [6.45, 7) is 4.02. The number of rotatable bonds is 6. The second kappa shape index (κ2) is 7.31. The Kier molecular flexibility index (Phi) is 5.42. The van der Waals surface area contributed by atoms with Gasteiger partial charge in [-0.2, -0.15) is 5.10 Å². The fraction of sp³-hybridized carbons (Fsp3) is 0.444. The summed E-state index contributed by atoms with van der Waals surface area (Å²) in [6, 6.07) is 7.94. The zero-order valence-corrected chi connectivity index (χ0v) is 14.5. The van der Waals surface area contributed by atoms with Crippen LogP contribution in [0.25, 0.3) is 0 Å². The largest absolute Gasteiger partial charge is 0.497 e. The molecule has 2 rings (SSSR count). The molecular formula is C18H25N3O2. The Morgan fingerprint density at radius 1 is 1.43 bits per heavy atom. The number of nitrogens with zero attached hydrogens (tertiary/aromatic N) is 3. The molecule has 1 unspecified atom stereocenters. The molecule has 0 saturated carbocycles. The summed E-state index contributed by atoms with van der Waals surface area (Å²) < 4.78 is 7.04. The molecule has 5 nitrogen and oxygen atoms in total. The lowest BCUT2D eigenvalue weighted by Gasteiger charge is -2.28. The molecule has 0 N–H and O–H groups in total. The van der Waals surface area contributed by atoms with Gasteiger partial charge in [0.2, 0.25) is 5.91 Å². The van der Waals surface area contributed by atoms with E-state index in [-0.39, 0.29) is 11.9 Å². The lowest BCUT2D eigenvalue weighted by molar-refractivity contribution is -0.131. The van der Waals surface area contributed by atoms with Crippen LogP contribution in [0.5, 0.6) is 5.75 Å². The van der Waals surface area contributed by atoms with Crippen LogP contribution in [0.2, 0.25) is 0 Å². The first-order chi connectivity index (χ1) is 11.0. The summed E-state index contributed by atoms with van der Waals surface area (Å²) in [7, 11) is 5.39. The molecule has 2 aromatic rings. The van der Waals surface area contributed by atoms with Gasteiger partial charge in [-0.15, -0.1) is 0 Å². The maximum atomic E-state index is 12.7. The molecule has 23 heavy (non-hydrogen) atoms. The second-order valence-corrected chi connectivity index (χ2v) is 5.80. The van der Waals surface area contributed by atoms with Crippen LogP contribution in [0.1, 0.15) is 36.2 Å². The van der Waals surface area contributed by atoms with Crippen LogP contribution in [0.3, 0.4) is 0 Å². The van der Waals surface area contributed by atoms with Gasteiger partial charge in [-0.3, -0.25) is 9.48 Å². The number of ether oxygens (including phenoxy) is 1. The first-order valence-corrected chi connectivity index (χ1v) is 7.85. The van der Waals surface area contributed by atoms with Crippen LogP contribution in [-0.4, -0.2) is 34.7 Å². The Bertz CT molecular complexity index is 679. The molecule has 5 heteroatoms. The smallest absolute Gasteiger partial charge is 0.227 e. The molecule has 0 radical (unpaired) electrons. The topological polar surface area (TPSA) is 47.4 Å². The Hall–Kier alpha value is -2.30. The number of hydrogen-bond donors (Lipinski definition) is 0. The number of benzene rings is 1. The third-order valence-electron chi connectivity index (χ3n) is 4.18. The van der Waals surface area contributed by atoms with Gasteiger partial charge in [-0.05, 0) is 31.0 Å². The Labute approximate surface area is 137 Å². The van der Waals surface area contributed by atoms with Gasteiger partial charge in [0.25, 0.3) is 0 Å². The number of carbonyl (C=O) groups excluding carboxylic acids is 1. The predicted molar refractivity (Wildman–Crippen MR) is 90.4 cm³/mol. The monoisotopic (exact) mass is 315 g/mol. The van der Waals surface area contributed by atoms with Crippen molar-refractivity contribution in [2.75, 3.05) is 14.2 Å². The van der Waals surface area contributed by atoms with Crippen molar-refractivity contribution in [3.8, 4) is 5.75 Å². The summed E-state index contributed by atoms with van der Waals surface area (Å²) >= 11 is 0. The lowest BCUT2D eigenvalue weighted by Crippen LogP contribution is -2.32. The van der Waals surface area contributed by atoms with Crippen LogP contribution in [0, 0.1) is 6.92 Å². The Morgan fingerprint density at radius 3 is 2.74 bits per heavy atom. The van der Waals surface area contributed by atoms with E-state index >= 15 is 0 Å². The van der Waals surface area contributed by atoms with Gasteiger partial charge in [-0.1, -0.05) is 19.1 Å². The van der Waals surface area contributed by atoms with E-state index in [1.807, 2.05) is 56.4 Å². The number of likely N-dealkylation sites (N-methyl/N-ethyl adjacent to an activating group) is 1. The molecule has 1 aromatic carbocycles. The van der Waals surface area contributed by atoms with Gasteiger partial charge in [0.1, 0.15) is 5.75 Å². The van der Waals surface area contributed by atoms with E-state index in [1.54, 1.807) is 11.8 Å². The fourth-order valence-electron chi connectivity index (χ4n) is 2.87. The molecule has 1 aromatic heterocycles. The number of methoxy groups -OCH3 is 1. The van der Waals surface area contributed by atoms with Crippen molar-refractivity contribution in [3.63, 3.8) is 0 Å². The lowest BCUT2D eigenvalue weighted by atomic mass is 10.0. The first-order valence-electron chi connectivity index (χ1n) is 7.85. The fourth-order valence-corrected chi connectivity index (χ4v) is 2.87. The van der Waals surface area contributed by atoms with E-state index in [0.29, 0.717) is 6.42 Å². The SMILES string of the molecule is CCC(c1cccc(OC)c1)N(C)C(=O)Cc1cn(C)nc1C. The molecule has 0 aliphatic heterocycles. The average molecular weight is 315 g/mol. The third-order valence-corrected chi connectivity index (χ3v) is 4.18. The minimum Gasteiger partial charge on any atom is -0.497 e. The van der Waals surface area contributed by atoms with Crippen molar-refractivity contribution in [2.45, 2.75) is 32.7 Å². The molecule has 1 amide bonds. The highest BCUT2D eigenvalue weighted by Gasteiger charge is 2.21. The van der Waals surface area contributed by atoms with Gasteiger partial charge in [0.05, 0.1) is 25.3 Å². The number of carbonyl (C=O) groups is 1. The summed E-state index contributed by atoms with van der Waals surface area (Å²) in [5, 5.41) is 4.30. The zero-order valence-electron chi connectivity index (χ0n) is 14.5. The van der Waals surface area contributed by atoms with Crippen LogP contribution >= 0.6 is 0 Å². The van der Waals surface area contributed by atoms with E-state index < -0.39 is 0 Å². The van der Waals surface area contributed by atoms with Crippen molar-refractivity contribution in [3.05, 3.63) is 47.3 Å². The Morgan fingerprint density at radius 2 is 2.17 bits per heavy atom. The average Bonchev–Trinajstić information content (AvgIpc) is 2.85. The molecular weight excluding hydrogens is 290 g/mol. The third kappa shape index (κ3) is 3.92. The van der Waals surface area contributed by atoms with Gasteiger partial charge in [-0.25, -0.2) is 0 Å². The van der Waals surface area contributed by atoms with Crippen LogP contribution in [-0.2, 0) is 18.3 Å². The molecule has 0 spiro atoms. The molecule has 0 saturated heterocycles. The highest BCUT2D eigenvalue weighted by atomic mass is 16.5. The molecule has 0 aliphatic rings. The highest BCUT2D eigenvalue weighted by molar-refractivity contribution is 5.79. The maximum Gasteiger partial charge on any atom is 0.227 e. The quantitative estimate of drug-likeness (QED) is 0.823. The molecule has 124 valence electrons. The maximum absolute atomic E-state index is 12.7. The van der Waals surface area contributed by atoms with Crippen molar-refractivity contribution in [2.24, 2.45) is 7.05 Å². The number of aryl methyl sites for hydroxylation is 2. The van der Waals surface area contributed by atoms with Crippen LogP contribution in [0.15, 0.2) is 30.5 Å². The number of hydrogen-bond acceptors (Lipinski definition) is 3. The predicted octanol–water partition coefficient (Wildman–Crippen LogP) is 2.89. The molecule has 0 aliphatic carbocycles. The van der Waals surface area contributed by atoms with Gasteiger partial charge >= 0.3 is 0 Å². The van der Waals surface area contributed by atoms with E-state index in [2.05, 4.69) is 12.0 Å². The number of amides is 1. The summed E-state index contributed by atoms with van der Waals surface area (Å²) in [4.78, 5) is 14.5. The van der Waals surface area contributed by atoms with Gasteiger partial charge < -0.3 is 9.64 Å². The minimum atomic E-state index is 0.0366. The molecule has 1 atom stereocenters. The van der Waals surface area contributed by atoms with E-state index in [9.17, 15) is 4.79 Å². The Balaban J connectivity index is 2.16. The summed E-state index contributed by atoms with van der Waals surface area (Å²) in [6.07, 6.45) is 3.13. The molecule has 0 bridgehead atoms. The highest BCUT2D eigenvalue weighted by Crippen LogP contribution is 2.26. The standard InChI is InChI=1S/C18H25N3O2/c1-6-17(14-8-7-9-16(10-14)23-5)21(4)18(22)11-15-12-20(3)19-13(15)2/h7-10,12,17H,6,11H2,1-5H3.